The highest BCUT2D eigenvalue weighted by atomic mass is 15.0. The number of H-pyrrole nitrogens is 1. The van der Waals surface area contributed by atoms with E-state index in [9.17, 15) is 0 Å². The number of aromatic amines is 1. The van der Waals surface area contributed by atoms with E-state index in [1.165, 1.54) is 12.1 Å². The largest absolute Gasteiger partial charge is 0.364 e. The van der Waals surface area contributed by atoms with Crippen molar-refractivity contribution in [3.8, 4) is 0 Å². The third kappa shape index (κ3) is 2.11. The summed E-state index contributed by atoms with van der Waals surface area (Å²) < 4.78 is 0. The summed E-state index contributed by atoms with van der Waals surface area (Å²) >= 11 is 0. The van der Waals surface area contributed by atoms with Gasteiger partial charge in [-0.25, -0.2) is 0 Å². The van der Waals surface area contributed by atoms with E-state index < -0.39 is 0 Å². The lowest BCUT2D eigenvalue weighted by Crippen LogP contribution is -2.33. The van der Waals surface area contributed by atoms with Gasteiger partial charge in [0.2, 0.25) is 0 Å². The number of hydrogen-bond acceptors (Lipinski definition) is 2. The molecule has 2 heterocycles. The van der Waals surface area contributed by atoms with Crippen molar-refractivity contribution in [1.82, 2.24) is 15.6 Å². The minimum Gasteiger partial charge on any atom is -0.364 e. The van der Waals surface area contributed by atoms with Crippen LogP contribution in [-0.4, -0.2) is 24.1 Å². The average Bonchev–Trinajstić information content (AvgIpc) is 2.74. The fraction of sp³-hybridized carbons (Fsp3) is 0.600. The van der Waals surface area contributed by atoms with Crippen molar-refractivity contribution in [2.45, 2.75) is 25.4 Å². The molecule has 0 bridgehead atoms. The third-order valence-electron chi connectivity index (χ3n) is 2.63. The van der Waals surface area contributed by atoms with Crippen molar-refractivity contribution in [3.05, 3.63) is 24.0 Å². The number of aromatic nitrogens is 1. The summed E-state index contributed by atoms with van der Waals surface area (Å²) in [6.07, 6.45) is 3.21. The Morgan fingerprint density at radius 3 is 3.15 bits per heavy atom. The summed E-state index contributed by atoms with van der Waals surface area (Å²) in [6.45, 7) is 4.45. The van der Waals surface area contributed by atoms with Crippen molar-refractivity contribution < 1.29 is 0 Å². The lowest BCUT2D eigenvalue weighted by Gasteiger charge is -2.17. The van der Waals surface area contributed by atoms with Gasteiger partial charge in [-0.05, 0) is 32.0 Å². The summed E-state index contributed by atoms with van der Waals surface area (Å²) in [6, 6.07) is 5.23. The molecule has 2 atom stereocenters. The molecule has 1 aliphatic heterocycles. The normalized spacial score (nSPS) is 24.8. The van der Waals surface area contributed by atoms with Gasteiger partial charge in [0.05, 0.1) is 0 Å². The van der Waals surface area contributed by atoms with Gasteiger partial charge < -0.3 is 15.6 Å². The number of nitrogens with one attached hydrogen (secondary N) is 3. The van der Waals surface area contributed by atoms with Crippen molar-refractivity contribution in [2.75, 3.05) is 13.1 Å². The fourth-order valence-electron chi connectivity index (χ4n) is 1.85. The van der Waals surface area contributed by atoms with Gasteiger partial charge >= 0.3 is 0 Å². The quantitative estimate of drug-likeness (QED) is 0.648. The Morgan fingerprint density at radius 1 is 1.62 bits per heavy atom. The molecule has 0 radical (unpaired) electrons. The molecular formula is C10H17N3. The van der Waals surface area contributed by atoms with Crippen LogP contribution in [0.3, 0.4) is 0 Å². The molecule has 1 fully saturated rings. The molecule has 72 valence electrons. The summed E-state index contributed by atoms with van der Waals surface area (Å²) in [5.74, 6) is 0. The van der Waals surface area contributed by atoms with Crippen LogP contribution in [0.25, 0.3) is 0 Å². The lowest BCUT2D eigenvalue weighted by atomic mass is 10.2. The lowest BCUT2D eigenvalue weighted by molar-refractivity contribution is 0.472. The van der Waals surface area contributed by atoms with Crippen molar-refractivity contribution in [3.63, 3.8) is 0 Å². The van der Waals surface area contributed by atoms with E-state index in [0.717, 1.165) is 13.1 Å². The summed E-state index contributed by atoms with van der Waals surface area (Å²) in [7, 11) is 0. The molecule has 0 aliphatic carbocycles. The first-order valence-electron chi connectivity index (χ1n) is 4.96. The van der Waals surface area contributed by atoms with Gasteiger partial charge in [0.15, 0.2) is 0 Å². The van der Waals surface area contributed by atoms with E-state index in [-0.39, 0.29) is 0 Å². The molecule has 0 amide bonds. The van der Waals surface area contributed by atoms with Gasteiger partial charge in [-0.1, -0.05) is 0 Å². The van der Waals surface area contributed by atoms with Gasteiger partial charge in [0, 0.05) is 30.5 Å². The van der Waals surface area contributed by atoms with Crippen LogP contribution in [0.5, 0.6) is 0 Å². The van der Waals surface area contributed by atoms with Crippen molar-refractivity contribution in [1.29, 1.82) is 0 Å². The maximum atomic E-state index is 3.59. The maximum absolute atomic E-state index is 3.59. The van der Waals surface area contributed by atoms with Gasteiger partial charge in [-0.2, -0.15) is 0 Å². The molecule has 2 rings (SSSR count). The van der Waals surface area contributed by atoms with Crippen LogP contribution in [0.2, 0.25) is 0 Å². The predicted molar refractivity (Wildman–Crippen MR) is 53.6 cm³/mol. The molecule has 1 saturated heterocycles. The zero-order valence-corrected chi connectivity index (χ0v) is 8.01. The van der Waals surface area contributed by atoms with Crippen LogP contribution in [0.4, 0.5) is 0 Å². The first-order valence-corrected chi connectivity index (χ1v) is 4.96. The van der Waals surface area contributed by atoms with Crippen LogP contribution < -0.4 is 10.6 Å². The fourth-order valence-corrected chi connectivity index (χ4v) is 1.85. The molecule has 1 unspecified atom stereocenters. The van der Waals surface area contributed by atoms with Crippen LogP contribution >= 0.6 is 0 Å². The van der Waals surface area contributed by atoms with E-state index >= 15 is 0 Å². The van der Waals surface area contributed by atoms with E-state index in [0.29, 0.717) is 12.1 Å². The third-order valence-corrected chi connectivity index (χ3v) is 2.63. The van der Waals surface area contributed by atoms with Gasteiger partial charge in [0.1, 0.15) is 0 Å². The molecule has 0 saturated carbocycles. The van der Waals surface area contributed by atoms with Crippen molar-refractivity contribution in [2.24, 2.45) is 0 Å². The summed E-state index contributed by atoms with van der Waals surface area (Å²) in [4.78, 5) is 3.23. The highest BCUT2D eigenvalue weighted by molar-refractivity contribution is 5.08. The standard InChI is InChI=1S/C10H17N3/c1-8(10-3-2-5-12-10)13-9-4-6-11-7-9/h2-3,5,8-9,11-13H,4,6-7H2,1H3/t8?,9-/m0/s1. The summed E-state index contributed by atoms with van der Waals surface area (Å²) in [5.41, 5.74) is 1.27. The second-order valence-electron chi connectivity index (χ2n) is 3.70. The van der Waals surface area contributed by atoms with Gasteiger partial charge in [-0.3, -0.25) is 0 Å². The second-order valence-corrected chi connectivity index (χ2v) is 3.70. The van der Waals surface area contributed by atoms with E-state index in [2.05, 4.69) is 28.6 Å². The van der Waals surface area contributed by atoms with E-state index in [1.807, 2.05) is 12.3 Å². The molecule has 13 heavy (non-hydrogen) atoms. The Kier molecular flexibility index (Phi) is 2.66. The van der Waals surface area contributed by atoms with Crippen LogP contribution in [-0.2, 0) is 0 Å². The number of rotatable bonds is 3. The molecule has 1 aromatic rings. The highest BCUT2D eigenvalue weighted by Crippen LogP contribution is 2.11. The highest BCUT2D eigenvalue weighted by Gasteiger charge is 2.17. The summed E-state index contributed by atoms with van der Waals surface area (Å²) in [5, 5.41) is 6.94. The molecular weight excluding hydrogens is 162 g/mol. The predicted octanol–water partition coefficient (Wildman–Crippen LogP) is 1.03. The second kappa shape index (κ2) is 3.94. The molecule has 1 aliphatic rings. The van der Waals surface area contributed by atoms with Crippen LogP contribution in [0.1, 0.15) is 25.1 Å². The van der Waals surface area contributed by atoms with E-state index in [1.54, 1.807) is 0 Å². The minimum atomic E-state index is 0.430. The van der Waals surface area contributed by atoms with E-state index in [4.69, 9.17) is 0 Å². The molecule has 3 nitrogen and oxygen atoms in total. The topological polar surface area (TPSA) is 39.8 Å². The first kappa shape index (κ1) is 8.78. The zero-order chi connectivity index (χ0) is 9.10. The average molecular weight is 179 g/mol. The zero-order valence-electron chi connectivity index (χ0n) is 8.01. The molecule has 3 N–H and O–H groups in total. The minimum absolute atomic E-state index is 0.430. The Bertz CT molecular complexity index is 237. The molecule has 1 aromatic heterocycles. The van der Waals surface area contributed by atoms with Gasteiger partial charge in [-0.15, -0.1) is 0 Å². The molecule has 0 spiro atoms. The Labute approximate surface area is 78.9 Å². The smallest absolute Gasteiger partial charge is 0.0446 e. The number of hydrogen-bond donors (Lipinski definition) is 3. The van der Waals surface area contributed by atoms with Crippen LogP contribution in [0, 0.1) is 0 Å². The monoisotopic (exact) mass is 179 g/mol. The first-order chi connectivity index (χ1) is 6.36. The Balaban J connectivity index is 1.87. The van der Waals surface area contributed by atoms with Crippen LogP contribution in [0.15, 0.2) is 18.3 Å². The SMILES string of the molecule is CC(N[C@H]1CCNC1)c1ccc[nH]1. The maximum Gasteiger partial charge on any atom is 0.0446 e. The molecule has 0 aromatic carbocycles. The Morgan fingerprint density at radius 2 is 2.54 bits per heavy atom. The molecule has 3 heteroatoms. The Hall–Kier alpha value is -0.800. The van der Waals surface area contributed by atoms with Crippen molar-refractivity contribution >= 4 is 0 Å². The van der Waals surface area contributed by atoms with Gasteiger partial charge in [0.25, 0.3) is 0 Å².